The summed E-state index contributed by atoms with van der Waals surface area (Å²) in [6.07, 6.45) is 5.56. The average molecular weight is 276 g/mol. The number of hydrogen-bond acceptors (Lipinski definition) is 3. The fourth-order valence-electron chi connectivity index (χ4n) is 1.51. The number of amides is 1. The number of allylic oxidation sites excluding steroid dienone is 5. The van der Waals surface area contributed by atoms with Crippen LogP contribution in [0.15, 0.2) is 52.2 Å². The van der Waals surface area contributed by atoms with Gasteiger partial charge >= 0.3 is 5.97 Å². The van der Waals surface area contributed by atoms with Gasteiger partial charge in [0.2, 0.25) is 6.41 Å². The molecule has 1 amide bonds. The lowest BCUT2D eigenvalue weighted by Gasteiger charge is -2.11. The number of nitrogens with zero attached hydrogens (tertiary/aromatic N) is 1. The van der Waals surface area contributed by atoms with Gasteiger partial charge in [-0.3, -0.25) is 9.79 Å². The molecule has 0 aromatic carbocycles. The number of aliphatic carboxylic acids is 1. The van der Waals surface area contributed by atoms with E-state index in [0.717, 1.165) is 5.57 Å². The van der Waals surface area contributed by atoms with Gasteiger partial charge in [0.25, 0.3) is 0 Å². The van der Waals surface area contributed by atoms with Gasteiger partial charge < -0.3 is 10.4 Å². The maximum absolute atomic E-state index is 10.9. The first-order valence-electron chi connectivity index (χ1n) is 6.00. The van der Waals surface area contributed by atoms with E-state index in [4.69, 9.17) is 5.11 Å². The van der Waals surface area contributed by atoms with Gasteiger partial charge in [-0.05, 0) is 32.4 Å². The first-order valence-corrected chi connectivity index (χ1v) is 6.00. The lowest BCUT2D eigenvalue weighted by atomic mass is 9.99. The largest absolute Gasteiger partial charge is 0.478 e. The molecule has 0 aromatic rings. The van der Waals surface area contributed by atoms with Gasteiger partial charge in [0.15, 0.2) is 0 Å². The molecule has 0 radical (unpaired) electrons. The zero-order valence-electron chi connectivity index (χ0n) is 12.2. The van der Waals surface area contributed by atoms with Gasteiger partial charge in [-0.15, -0.1) is 0 Å². The van der Waals surface area contributed by atoms with Crippen molar-refractivity contribution in [2.45, 2.75) is 20.8 Å². The second-order valence-corrected chi connectivity index (χ2v) is 4.01. The maximum atomic E-state index is 10.9. The Hall–Kier alpha value is -2.43. The molecule has 0 atom stereocenters. The molecular formula is C15H20N2O3. The normalized spacial score (nSPS) is 14.0. The van der Waals surface area contributed by atoms with Gasteiger partial charge in [0.1, 0.15) is 0 Å². The molecule has 5 nitrogen and oxygen atoms in total. The minimum Gasteiger partial charge on any atom is -0.478 e. The molecule has 0 unspecified atom stereocenters. The highest BCUT2D eigenvalue weighted by molar-refractivity contribution is 6.15. The Morgan fingerprint density at radius 2 is 1.95 bits per heavy atom. The number of nitrogens with one attached hydrogen (secondary N) is 1. The number of carbonyl (C=O) groups excluding carboxylic acids is 1. The van der Waals surface area contributed by atoms with E-state index in [0.29, 0.717) is 23.4 Å². The standard InChI is InChI=1S/C15H20N2O3/c1-6-7-13(8-10(2)15(19)20)14(16-5)11(3)12(4)17-9-18/h6-9H,2H2,1,3-5H3,(H,17,18)(H,19,20)/b7-6-,12-11+,13-8+,16-14?. The molecule has 0 aliphatic rings. The van der Waals surface area contributed by atoms with E-state index >= 15 is 0 Å². The number of hydrogen-bond donors (Lipinski definition) is 2. The highest BCUT2D eigenvalue weighted by Gasteiger charge is 2.11. The smallest absolute Gasteiger partial charge is 0.335 e. The Morgan fingerprint density at radius 1 is 1.35 bits per heavy atom. The van der Waals surface area contributed by atoms with Crippen LogP contribution in [-0.2, 0) is 9.59 Å². The Kier molecular flexibility index (Phi) is 7.58. The lowest BCUT2D eigenvalue weighted by Crippen LogP contribution is -2.15. The van der Waals surface area contributed by atoms with Crippen LogP contribution in [0.2, 0.25) is 0 Å². The Balaban J connectivity index is 5.80. The third kappa shape index (κ3) is 5.06. The summed E-state index contributed by atoms with van der Waals surface area (Å²) < 4.78 is 0. The predicted molar refractivity (Wildman–Crippen MR) is 80.6 cm³/mol. The number of rotatable bonds is 7. The molecule has 0 rings (SSSR count). The fraction of sp³-hybridized carbons (Fsp3) is 0.267. The van der Waals surface area contributed by atoms with Crippen molar-refractivity contribution in [2.75, 3.05) is 7.05 Å². The monoisotopic (exact) mass is 276 g/mol. The second-order valence-electron chi connectivity index (χ2n) is 4.01. The SMILES string of the molecule is C=C(/C=C(\C=C/C)C(=NC)/C(C)=C(\C)NC=O)C(=O)O. The molecule has 0 bridgehead atoms. The minimum atomic E-state index is -1.09. The van der Waals surface area contributed by atoms with E-state index in [1.807, 2.05) is 6.92 Å². The van der Waals surface area contributed by atoms with Crippen molar-refractivity contribution in [1.29, 1.82) is 0 Å². The molecule has 0 spiro atoms. The third-order valence-electron chi connectivity index (χ3n) is 2.64. The summed E-state index contributed by atoms with van der Waals surface area (Å²) in [5, 5.41) is 11.5. The number of aliphatic imine (C=N–C) groups is 1. The summed E-state index contributed by atoms with van der Waals surface area (Å²) in [6, 6.07) is 0. The molecule has 0 saturated heterocycles. The number of carboxylic acids is 1. The molecular weight excluding hydrogens is 256 g/mol. The van der Waals surface area contributed by atoms with Crippen molar-refractivity contribution in [3.05, 3.63) is 47.2 Å². The van der Waals surface area contributed by atoms with Gasteiger partial charge in [0.05, 0.1) is 11.3 Å². The summed E-state index contributed by atoms with van der Waals surface area (Å²) in [7, 11) is 1.61. The van der Waals surface area contributed by atoms with Gasteiger partial charge in [-0.25, -0.2) is 4.79 Å². The average Bonchev–Trinajstić information content (AvgIpc) is 2.39. The number of carboxylic acid groups (broad SMARTS) is 1. The van der Waals surface area contributed by atoms with Crippen LogP contribution >= 0.6 is 0 Å². The van der Waals surface area contributed by atoms with E-state index in [2.05, 4.69) is 16.9 Å². The molecule has 108 valence electrons. The van der Waals surface area contributed by atoms with Crippen LogP contribution in [0.3, 0.4) is 0 Å². The molecule has 0 saturated carbocycles. The van der Waals surface area contributed by atoms with Crippen LogP contribution in [-0.4, -0.2) is 30.2 Å². The van der Waals surface area contributed by atoms with Crippen LogP contribution in [0.1, 0.15) is 20.8 Å². The van der Waals surface area contributed by atoms with Gasteiger partial charge in [0, 0.05) is 18.3 Å². The van der Waals surface area contributed by atoms with E-state index in [1.165, 1.54) is 6.08 Å². The Bertz CT molecular complexity index is 523. The van der Waals surface area contributed by atoms with Crippen LogP contribution < -0.4 is 5.32 Å². The lowest BCUT2D eigenvalue weighted by molar-refractivity contribution is -0.132. The molecule has 20 heavy (non-hydrogen) atoms. The van der Waals surface area contributed by atoms with Gasteiger partial charge in [-0.1, -0.05) is 18.7 Å². The molecule has 0 fully saturated rings. The third-order valence-corrected chi connectivity index (χ3v) is 2.64. The molecule has 0 heterocycles. The summed E-state index contributed by atoms with van der Waals surface area (Å²) in [5.41, 5.74) is 2.58. The first kappa shape index (κ1) is 17.6. The van der Waals surface area contributed by atoms with Crippen LogP contribution in [0.25, 0.3) is 0 Å². The quantitative estimate of drug-likeness (QED) is 0.324. The van der Waals surface area contributed by atoms with Crippen molar-refractivity contribution in [3.63, 3.8) is 0 Å². The van der Waals surface area contributed by atoms with Crippen molar-refractivity contribution >= 4 is 18.1 Å². The molecule has 0 aliphatic heterocycles. The highest BCUT2D eigenvalue weighted by atomic mass is 16.4. The molecule has 2 N–H and O–H groups in total. The Labute approximate surface area is 119 Å². The topological polar surface area (TPSA) is 78.8 Å². The number of carbonyl (C=O) groups is 2. The molecule has 0 aliphatic carbocycles. The Morgan fingerprint density at radius 3 is 2.35 bits per heavy atom. The van der Waals surface area contributed by atoms with Gasteiger partial charge in [-0.2, -0.15) is 0 Å². The van der Waals surface area contributed by atoms with Crippen LogP contribution in [0, 0.1) is 0 Å². The van der Waals surface area contributed by atoms with Crippen molar-refractivity contribution in [3.8, 4) is 0 Å². The summed E-state index contributed by atoms with van der Waals surface area (Å²) in [6.45, 7) is 8.85. The van der Waals surface area contributed by atoms with Crippen molar-refractivity contribution in [1.82, 2.24) is 5.32 Å². The highest BCUT2D eigenvalue weighted by Crippen LogP contribution is 2.14. The zero-order valence-corrected chi connectivity index (χ0v) is 12.2. The molecule has 5 heteroatoms. The summed E-state index contributed by atoms with van der Waals surface area (Å²) >= 11 is 0. The van der Waals surface area contributed by atoms with Crippen molar-refractivity contribution in [2.24, 2.45) is 4.99 Å². The minimum absolute atomic E-state index is 0.0342. The van der Waals surface area contributed by atoms with E-state index in [1.54, 1.807) is 33.0 Å². The predicted octanol–water partition coefficient (Wildman–Crippen LogP) is 2.24. The van der Waals surface area contributed by atoms with Crippen LogP contribution in [0.5, 0.6) is 0 Å². The molecule has 0 aromatic heterocycles. The maximum Gasteiger partial charge on any atom is 0.335 e. The van der Waals surface area contributed by atoms with E-state index < -0.39 is 5.97 Å². The fourth-order valence-corrected chi connectivity index (χ4v) is 1.51. The summed E-state index contributed by atoms with van der Waals surface area (Å²) in [4.78, 5) is 25.5. The van der Waals surface area contributed by atoms with Crippen molar-refractivity contribution < 1.29 is 14.7 Å². The van der Waals surface area contributed by atoms with E-state index in [-0.39, 0.29) is 5.57 Å². The zero-order chi connectivity index (χ0) is 15.7. The van der Waals surface area contributed by atoms with E-state index in [9.17, 15) is 9.59 Å². The first-order chi connectivity index (χ1) is 9.38. The second kappa shape index (κ2) is 8.63. The summed E-state index contributed by atoms with van der Waals surface area (Å²) in [5.74, 6) is -1.09. The van der Waals surface area contributed by atoms with Crippen LogP contribution in [0.4, 0.5) is 0 Å².